The number of benzene rings is 1. The molecule has 0 saturated heterocycles. The van der Waals surface area contributed by atoms with Gasteiger partial charge in [-0.15, -0.1) is 8.78 Å². The summed E-state index contributed by atoms with van der Waals surface area (Å²) >= 11 is 3.35. The topological polar surface area (TPSA) is 18.5 Å². The van der Waals surface area contributed by atoms with Crippen LogP contribution >= 0.6 is 15.9 Å². The van der Waals surface area contributed by atoms with E-state index < -0.39 is 6.29 Å². The van der Waals surface area contributed by atoms with Crippen LogP contribution in [0.25, 0.3) is 0 Å². The maximum absolute atomic E-state index is 12.8. The monoisotopic (exact) mass is 276 g/mol. The first-order chi connectivity index (χ1) is 7.05. The Morgan fingerprint density at radius 1 is 1.20 bits per heavy atom. The third-order valence-electron chi connectivity index (χ3n) is 2.54. The van der Waals surface area contributed by atoms with E-state index in [9.17, 15) is 8.78 Å². The van der Waals surface area contributed by atoms with Crippen LogP contribution in [-0.4, -0.2) is 6.29 Å². The van der Waals surface area contributed by atoms with Crippen LogP contribution in [0.3, 0.4) is 0 Å². The fourth-order valence-corrected chi connectivity index (χ4v) is 2.34. The van der Waals surface area contributed by atoms with Crippen molar-refractivity contribution in [1.82, 2.24) is 0 Å². The Morgan fingerprint density at radius 2 is 1.80 bits per heavy atom. The molecule has 1 aromatic carbocycles. The van der Waals surface area contributed by atoms with Crippen molar-refractivity contribution < 1.29 is 18.3 Å². The molecular weight excluding hydrogens is 270 g/mol. The Bertz CT molecular complexity index is 430. The fourth-order valence-electron chi connectivity index (χ4n) is 1.69. The van der Waals surface area contributed by atoms with Crippen LogP contribution < -0.4 is 9.47 Å². The molecule has 0 unspecified atom stereocenters. The van der Waals surface area contributed by atoms with Crippen LogP contribution in [0.1, 0.15) is 24.3 Å². The van der Waals surface area contributed by atoms with Crippen LogP contribution in [0.2, 0.25) is 0 Å². The van der Waals surface area contributed by atoms with Crippen molar-refractivity contribution in [3.63, 3.8) is 0 Å². The Labute approximate surface area is 93.3 Å². The highest BCUT2D eigenvalue weighted by Crippen LogP contribution is 2.50. The lowest BCUT2D eigenvalue weighted by Crippen LogP contribution is -2.25. The largest absolute Gasteiger partial charge is 0.586 e. The minimum atomic E-state index is -3.52. The van der Waals surface area contributed by atoms with Crippen molar-refractivity contribution in [3.8, 4) is 11.5 Å². The van der Waals surface area contributed by atoms with E-state index in [4.69, 9.17) is 0 Å². The molecule has 1 heterocycles. The lowest BCUT2D eigenvalue weighted by molar-refractivity contribution is -0.286. The number of halogens is 3. The molecule has 1 saturated carbocycles. The van der Waals surface area contributed by atoms with Gasteiger partial charge >= 0.3 is 6.29 Å². The molecule has 0 aromatic heterocycles. The molecule has 2 nitrogen and oxygen atoms in total. The number of hydrogen-bond donors (Lipinski definition) is 0. The lowest BCUT2D eigenvalue weighted by Gasteiger charge is -2.04. The average molecular weight is 277 g/mol. The van der Waals surface area contributed by atoms with Crippen molar-refractivity contribution in [2.45, 2.75) is 25.1 Å². The molecule has 0 radical (unpaired) electrons. The molecule has 1 aliphatic carbocycles. The van der Waals surface area contributed by atoms with Gasteiger partial charge in [-0.25, -0.2) is 0 Å². The second kappa shape index (κ2) is 2.84. The summed E-state index contributed by atoms with van der Waals surface area (Å²) in [6.07, 6.45) is -1.31. The van der Waals surface area contributed by atoms with Crippen LogP contribution in [0.15, 0.2) is 16.6 Å². The van der Waals surface area contributed by atoms with Gasteiger partial charge < -0.3 is 9.47 Å². The summed E-state index contributed by atoms with van der Waals surface area (Å²) < 4.78 is 35.1. The van der Waals surface area contributed by atoms with Crippen molar-refractivity contribution in [1.29, 1.82) is 0 Å². The third kappa shape index (κ3) is 1.58. The number of hydrogen-bond acceptors (Lipinski definition) is 2. The van der Waals surface area contributed by atoms with E-state index in [1.54, 1.807) is 12.1 Å². The highest BCUT2D eigenvalue weighted by atomic mass is 79.9. The molecule has 1 aliphatic heterocycles. The third-order valence-corrected chi connectivity index (χ3v) is 3.22. The van der Waals surface area contributed by atoms with Gasteiger partial charge in [-0.1, -0.05) is 15.9 Å². The zero-order valence-electron chi connectivity index (χ0n) is 7.60. The fraction of sp³-hybridized carbons (Fsp3) is 0.400. The zero-order chi connectivity index (χ0) is 10.6. The summed E-state index contributed by atoms with van der Waals surface area (Å²) in [6, 6.07) is 3.18. The minimum absolute atomic E-state index is 0.0938. The predicted octanol–water partition coefficient (Wildman–Crippen LogP) is 3.65. The van der Waals surface area contributed by atoms with Crippen molar-refractivity contribution in [2.24, 2.45) is 0 Å². The maximum atomic E-state index is 12.8. The molecule has 1 aromatic rings. The lowest BCUT2D eigenvalue weighted by atomic mass is 10.1. The Balaban J connectivity index is 2.04. The number of rotatable bonds is 1. The molecule has 5 heteroatoms. The summed E-state index contributed by atoms with van der Waals surface area (Å²) in [5.41, 5.74) is 1.02. The normalized spacial score (nSPS) is 21.8. The quantitative estimate of drug-likeness (QED) is 0.780. The van der Waals surface area contributed by atoms with Gasteiger partial charge in [-0.3, -0.25) is 0 Å². The molecule has 2 aliphatic rings. The van der Waals surface area contributed by atoms with Gasteiger partial charge in [0.1, 0.15) is 0 Å². The van der Waals surface area contributed by atoms with Gasteiger partial charge in [0.15, 0.2) is 11.5 Å². The zero-order valence-corrected chi connectivity index (χ0v) is 9.18. The molecule has 0 bridgehead atoms. The van der Waals surface area contributed by atoms with Gasteiger partial charge in [0.05, 0.1) is 0 Å². The van der Waals surface area contributed by atoms with Crippen LogP contribution in [0.5, 0.6) is 11.5 Å². The van der Waals surface area contributed by atoms with Crippen molar-refractivity contribution in [3.05, 3.63) is 22.2 Å². The highest BCUT2D eigenvalue weighted by Gasteiger charge is 2.44. The van der Waals surface area contributed by atoms with Gasteiger partial charge in [0.2, 0.25) is 0 Å². The van der Waals surface area contributed by atoms with Gasteiger partial charge in [-0.2, -0.15) is 0 Å². The van der Waals surface area contributed by atoms with Crippen LogP contribution in [0, 0.1) is 0 Å². The molecule has 0 spiro atoms. The molecule has 80 valence electrons. The molecule has 1 fully saturated rings. The molecule has 3 rings (SSSR count). The standard InChI is InChI=1S/C10H7BrF2O2/c11-7-4-9-8(14-10(12,13)15-9)3-6(7)5-1-2-5/h3-5H,1-2H2. The predicted molar refractivity (Wildman–Crippen MR) is 52.3 cm³/mol. The van der Waals surface area contributed by atoms with E-state index in [0.717, 1.165) is 22.9 Å². The Morgan fingerprint density at radius 3 is 2.40 bits per heavy atom. The van der Waals surface area contributed by atoms with Crippen LogP contribution in [0.4, 0.5) is 8.78 Å². The molecule has 15 heavy (non-hydrogen) atoms. The smallest absolute Gasteiger partial charge is 0.395 e. The molecule has 0 atom stereocenters. The second-order valence-electron chi connectivity index (χ2n) is 3.76. The second-order valence-corrected chi connectivity index (χ2v) is 4.62. The van der Waals surface area contributed by atoms with Gasteiger partial charge in [0.25, 0.3) is 0 Å². The summed E-state index contributed by atoms with van der Waals surface area (Å²) in [6.45, 7) is 0. The van der Waals surface area contributed by atoms with Gasteiger partial charge in [-0.05, 0) is 36.5 Å². The molecule has 0 amide bonds. The van der Waals surface area contributed by atoms with E-state index in [-0.39, 0.29) is 11.5 Å². The minimum Gasteiger partial charge on any atom is -0.395 e. The Hall–Kier alpha value is -0.840. The first kappa shape index (κ1) is 9.39. The molecule has 0 N–H and O–H groups in total. The van der Waals surface area contributed by atoms with E-state index in [0.29, 0.717) is 5.92 Å². The van der Waals surface area contributed by atoms with Crippen molar-refractivity contribution in [2.75, 3.05) is 0 Å². The summed E-state index contributed by atoms with van der Waals surface area (Å²) in [7, 11) is 0. The average Bonchev–Trinajstić information content (AvgIpc) is 2.88. The van der Waals surface area contributed by atoms with E-state index in [1.165, 1.54) is 0 Å². The first-order valence-electron chi connectivity index (χ1n) is 4.64. The Kier molecular flexibility index (Phi) is 1.78. The van der Waals surface area contributed by atoms with E-state index in [2.05, 4.69) is 25.4 Å². The number of fused-ring (bicyclic) bond motifs is 1. The van der Waals surface area contributed by atoms with E-state index in [1.807, 2.05) is 0 Å². The number of alkyl halides is 2. The van der Waals surface area contributed by atoms with Crippen LogP contribution in [-0.2, 0) is 0 Å². The SMILES string of the molecule is FC1(F)Oc2cc(Br)c(C3CC3)cc2O1. The number of ether oxygens (including phenoxy) is 2. The first-order valence-corrected chi connectivity index (χ1v) is 5.44. The highest BCUT2D eigenvalue weighted by molar-refractivity contribution is 9.10. The summed E-state index contributed by atoms with van der Waals surface area (Å²) in [4.78, 5) is 0. The summed E-state index contributed by atoms with van der Waals surface area (Å²) in [5, 5.41) is 0. The summed E-state index contributed by atoms with van der Waals surface area (Å²) in [5.74, 6) is 0.698. The van der Waals surface area contributed by atoms with E-state index >= 15 is 0 Å². The van der Waals surface area contributed by atoms with Crippen molar-refractivity contribution >= 4 is 15.9 Å². The molecular formula is C10H7BrF2O2. The van der Waals surface area contributed by atoms with Gasteiger partial charge in [0, 0.05) is 4.47 Å². The maximum Gasteiger partial charge on any atom is 0.586 e.